The van der Waals surface area contributed by atoms with Gasteiger partial charge in [-0.1, -0.05) is 58.5 Å². The Labute approximate surface area is 264 Å². The lowest BCUT2D eigenvalue weighted by Crippen LogP contribution is -2.74. The molecule has 0 spiro atoms. The van der Waals surface area contributed by atoms with Crippen LogP contribution in [0.25, 0.3) is 0 Å². The van der Waals surface area contributed by atoms with Crippen LogP contribution < -0.4 is 5.32 Å². The standard InChI is InChI=1S/C31H41Cl4N4O2/c1-37(2)30(41)31(13-15-36-16-14-31)39(17-5-4-6-18-39)19-12-23(22-10-11-24(32)27(35)20-22)21-38(3)29(40)28-25(33)8-7-9-26(28)34/h7-11,20,23,36H,4-6,12-19,21H2,1-3H3/q+1. The summed E-state index contributed by atoms with van der Waals surface area (Å²) in [7, 11) is 5.54. The maximum atomic E-state index is 14.0. The van der Waals surface area contributed by atoms with Gasteiger partial charge in [-0.2, -0.15) is 0 Å². The van der Waals surface area contributed by atoms with Crippen molar-refractivity contribution in [2.24, 2.45) is 0 Å². The number of likely N-dealkylation sites (tertiary alicyclic amines) is 1. The zero-order chi connectivity index (χ0) is 29.8. The van der Waals surface area contributed by atoms with Crippen LogP contribution in [0.3, 0.4) is 0 Å². The van der Waals surface area contributed by atoms with Gasteiger partial charge in [0.1, 0.15) is 0 Å². The van der Waals surface area contributed by atoms with Gasteiger partial charge >= 0.3 is 0 Å². The first kappa shape index (κ1) is 32.4. The van der Waals surface area contributed by atoms with Crippen molar-refractivity contribution in [2.75, 3.05) is 60.4 Å². The first-order valence-corrected chi connectivity index (χ1v) is 16.0. The Bertz CT molecular complexity index is 1220. The van der Waals surface area contributed by atoms with E-state index in [9.17, 15) is 9.59 Å². The van der Waals surface area contributed by atoms with Crippen LogP contribution in [0.2, 0.25) is 20.1 Å². The van der Waals surface area contributed by atoms with Crippen LogP contribution in [-0.4, -0.2) is 92.0 Å². The number of nitrogens with zero attached hydrogens (tertiary/aromatic N) is 3. The summed E-state index contributed by atoms with van der Waals surface area (Å²) < 4.78 is 0.789. The second-order valence-electron chi connectivity index (χ2n) is 11.8. The van der Waals surface area contributed by atoms with E-state index in [-0.39, 0.29) is 17.7 Å². The zero-order valence-corrected chi connectivity index (χ0v) is 27.2. The summed E-state index contributed by atoms with van der Waals surface area (Å²) in [6, 6.07) is 10.8. The van der Waals surface area contributed by atoms with E-state index in [1.165, 1.54) is 6.42 Å². The number of halogens is 4. The molecule has 10 heteroatoms. The molecule has 1 unspecified atom stereocenters. The highest BCUT2D eigenvalue weighted by molar-refractivity contribution is 6.42. The highest BCUT2D eigenvalue weighted by Crippen LogP contribution is 2.41. The van der Waals surface area contributed by atoms with Crippen molar-refractivity contribution in [3.05, 3.63) is 67.6 Å². The predicted molar refractivity (Wildman–Crippen MR) is 169 cm³/mol. The van der Waals surface area contributed by atoms with Crippen LogP contribution in [0.4, 0.5) is 0 Å². The van der Waals surface area contributed by atoms with E-state index in [1.807, 2.05) is 32.3 Å². The number of amides is 2. The van der Waals surface area contributed by atoms with Crippen molar-refractivity contribution in [3.63, 3.8) is 0 Å². The van der Waals surface area contributed by atoms with Crippen LogP contribution in [0.5, 0.6) is 0 Å². The highest BCUT2D eigenvalue weighted by Gasteiger charge is 2.57. The molecular formula is C31H41Cl4N4O2+. The van der Waals surface area contributed by atoms with E-state index in [4.69, 9.17) is 46.4 Å². The summed E-state index contributed by atoms with van der Waals surface area (Å²) >= 11 is 25.5. The van der Waals surface area contributed by atoms with E-state index in [0.717, 1.165) is 74.9 Å². The van der Waals surface area contributed by atoms with Gasteiger partial charge in [-0.3, -0.25) is 9.59 Å². The smallest absolute Gasteiger partial charge is 0.283 e. The zero-order valence-electron chi connectivity index (χ0n) is 24.2. The molecule has 4 rings (SSSR count). The van der Waals surface area contributed by atoms with E-state index in [2.05, 4.69) is 5.32 Å². The van der Waals surface area contributed by atoms with Crippen molar-refractivity contribution in [1.82, 2.24) is 15.1 Å². The number of hydrogen-bond donors (Lipinski definition) is 1. The monoisotopic (exact) mass is 641 g/mol. The minimum absolute atomic E-state index is 0.0369. The number of carbonyl (C=O) groups excluding carboxylic acids is 2. The molecular weight excluding hydrogens is 602 g/mol. The Hall–Kier alpha value is -1.54. The van der Waals surface area contributed by atoms with Gasteiger partial charge in [-0.15, -0.1) is 0 Å². The van der Waals surface area contributed by atoms with E-state index in [1.54, 1.807) is 35.0 Å². The van der Waals surface area contributed by atoms with Crippen LogP contribution in [0.15, 0.2) is 36.4 Å². The fraction of sp³-hybridized carbons (Fsp3) is 0.548. The van der Waals surface area contributed by atoms with Crippen LogP contribution in [0.1, 0.15) is 60.4 Å². The number of nitrogens with one attached hydrogen (secondary N) is 1. The molecule has 2 amide bonds. The molecule has 2 aliphatic heterocycles. The van der Waals surface area contributed by atoms with Crippen LogP contribution in [0, 0.1) is 0 Å². The summed E-state index contributed by atoms with van der Waals surface area (Å²) in [6.07, 6.45) is 5.83. The van der Waals surface area contributed by atoms with E-state index >= 15 is 0 Å². The average Bonchev–Trinajstić information content (AvgIpc) is 2.96. The SMILES string of the molecule is CN(C)C(=O)C1([N+]2(CCC(CN(C)C(=O)c3c(Cl)cccc3Cl)c3ccc(Cl)c(Cl)c3)CCCCC2)CCNCC1. The fourth-order valence-corrected chi connectivity index (χ4v) is 7.84. The molecule has 0 aliphatic carbocycles. The van der Waals surface area contributed by atoms with Crippen molar-refractivity contribution in [1.29, 1.82) is 0 Å². The normalized spacial score (nSPS) is 18.9. The maximum absolute atomic E-state index is 14.0. The van der Waals surface area contributed by atoms with E-state index < -0.39 is 5.54 Å². The van der Waals surface area contributed by atoms with E-state index in [0.29, 0.717) is 32.2 Å². The second-order valence-corrected chi connectivity index (χ2v) is 13.4. The number of hydrogen-bond acceptors (Lipinski definition) is 3. The number of carbonyl (C=O) groups is 2. The minimum atomic E-state index is -0.454. The Morgan fingerprint density at radius 3 is 2.12 bits per heavy atom. The molecule has 1 N–H and O–H groups in total. The third-order valence-corrected chi connectivity index (χ3v) is 10.5. The molecule has 0 bridgehead atoms. The first-order valence-electron chi connectivity index (χ1n) is 14.4. The molecule has 0 saturated carbocycles. The van der Waals surface area contributed by atoms with Gasteiger partial charge in [0.05, 0.1) is 45.3 Å². The van der Waals surface area contributed by atoms with Crippen LogP contribution >= 0.6 is 46.4 Å². The van der Waals surface area contributed by atoms with Gasteiger partial charge < -0.3 is 19.6 Å². The Kier molecular flexibility index (Phi) is 10.9. The Morgan fingerprint density at radius 1 is 0.902 bits per heavy atom. The molecule has 2 heterocycles. The van der Waals surface area contributed by atoms with Gasteiger partial charge in [0.2, 0.25) is 0 Å². The number of quaternary nitrogens is 1. The molecule has 41 heavy (non-hydrogen) atoms. The molecule has 2 aliphatic rings. The Balaban J connectivity index is 1.68. The van der Waals surface area contributed by atoms with Crippen molar-refractivity contribution < 1.29 is 14.1 Å². The highest BCUT2D eigenvalue weighted by atomic mass is 35.5. The quantitative estimate of drug-likeness (QED) is 0.308. The molecule has 2 saturated heterocycles. The number of benzene rings is 2. The minimum Gasteiger partial charge on any atom is -0.343 e. The van der Waals surface area contributed by atoms with Gasteiger partial charge in [0.25, 0.3) is 11.8 Å². The predicted octanol–water partition coefficient (Wildman–Crippen LogP) is 6.76. The first-order chi connectivity index (χ1) is 19.5. The molecule has 1 atom stereocenters. The third-order valence-electron chi connectivity index (χ3n) is 9.15. The molecule has 0 aromatic heterocycles. The number of rotatable bonds is 9. The van der Waals surface area contributed by atoms with Crippen LogP contribution in [-0.2, 0) is 4.79 Å². The molecule has 2 aromatic rings. The lowest BCUT2D eigenvalue weighted by atomic mass is 9.79. The lowest BCUT2D eigenvalue weighted by molar-refractivity contribution is -0.972. The topological polar surface area (TPSA) is 52.7 Å². The van der Waals surface area contributed by atoms with Crippen molar-refractivity contribution in [2.45, 2.75) is 50.0 Å². The summed E-state index contributed by atoms with van der Waals surface area (Å²) in [6.45, 7) is 4.92. The van der Waals surface area contributed by atoms with Gasteiger partial charge in [0, 0.05) is 66.0 Å². The Morgan fingerprint density at radius 2 is 1.54 bits per heavy atom. The fourth-order valence-electron chi connectivity index (χ4n) is 6.97. The number of piperidine rings is 2. The molecule has 2 aromatic carbocycles. The summed E-state index contributed by atoms with van der Waals surface area (Å²) in [5.74, 6) is -0.0390. The molecule has 2 fully saturated rings. The largest absolute Gasteiger partial charge is 0.343 e. The van der Waals surface area contributed by atoms with Gasteiger partial charge in [-0.05, 0) is 49.1 Å². The lowest BCUT2D eigenvalue weighted by Gasteiger charge is -2.56. The van der Waals surface area contributed by atoms with Crippen molar-refractivity contribution in [3.8, 4) is 0 Å². The number of likely N-dealkylation sites (N-methyl/N-ethyl adjacent to an activating group) is 2. The summed E-state index contributed by atoms with van der Waals surface area (Å²) in [5, 5.41) is 5.11. The molecule has 224 valence electrons. The van der Waals surface area contributed by atoms with Crippen molar-refractivity contribution >= 4 is 58.2 Å². The van der Waals surface area contributed by atoms with Gasteiger partial charge in [0.15, 0.2) is 5.54 Å². The average molecular weight is 644 g/mol. The molecule has 0 radical (unpaired) electrons. The van der Waals surface area contributed by atoms with Gasteiger partial charge in [-0.25, -0.2) is 0 Å². The molecule has 6 nitrogen and oxygen atoms in total. The third kappa shape index (κ3) is 6.84. The maximum Gasteiger partial charge on any atom is 0.283 e. The summed E-state index contributed by atoms with van der Waals surface area (Å²) in [5.41, 5.74) is 0.859. The second kappa shape index (κ2) is 13.8. The summed E-state index contributed by atoms with van der Waals surface area (Å²) in [4.78, 5) is 31.0.